The molecule has 19 heavy (non-hydrogen) atoms. The predicted molar refractivity (Wildman–Crippen MR) is 87.7 cm³/mol. The fraction of sp³-hybridized carbons (Fsp3) is 0.667. The number of phenolic OH excluding ortho intramolecular Hbond substituents is 1. The summed E-state index contributed by atoms with van der Waals surface area (Å²) in [6, 6.07) is 7.52. The van der Waals surface area contributed by atoms with Gasteiger partial charge in [0.25, 0.3) is 0 Å². The first kappa shape index (κ1) is 20.3. The summed E-state index contributed by atoms with van der Waals surface area (Å²) in [7, 11) is 0. The Kier molecular flexibility index (Phi) is 9.64. The maximum atomic E-state index is 9.21. The van der Waals surface area contributed by atoms with E-state index in [4.69, 9.17) is 0 Å². The average Bonchev–Trinajstić information content (AvgIpc) is 2.35. The molecule has 0 fully saturated rings. The summed E-state index contributed by atoms with van der Waals surface area (Å²) in [5.41, 5.74) is 1.82. The van der Waals surface area contributed by atoms with Gasteiger partial charge in [0.1, 0.15) is 5.75 Å². The Hall–Kier alpha value is -0.980. The van der Waals surface area contributed by atoms with Crippen LogP contribution in [0.3, 0.4) is 0 Å². The average molecular weight is 266 g/mol. The van der Waals surface area contributed by atoms with Gasteiger partial charge in [-0.1, -0.05) is 74.4 Å². The zero-order valence-corrected chi connectivity index (χ0v) is 14.5. The third kappa shape index (κ3) is 7.25. The molecular formula is C18H34O. The lowest BCUT2D eigenvalue weighted by Crippen LogP contribution is -2.31. The van der Waals surface area contributed by atoms with E-state index in [1.165, 1.54) is 5.56 Å². The van der Waals surface area contributed by atoms with Crippen molar-refractivity contribution in [1.29, 1.82) is 0 Å². The fourth-order valence-electron chi connectivity index (χ4n) is 1.39. The number of hydrogen-bond acceptors (Lipinski definition) is 1. The molecule has 0 amide bonds. The molecule has 1 aromatic rings. The molecule has 0 bridgehead atoms. The molecule has 0 aliphatic rings. The highest BCUT2D eigenvalue weighted by molar-refractivity contribution is 5.26. The molecular weight excluding hydrogens is 232 g/mol. The van der Waals surface area contributed by atoms with Crippen LogP contribution in [0.5, 0.6) is 5.75 Å². The Bertz CT molecular complexity index is 315. The Morgan fingerprint density at radius 3 is 1.47 bits per heavy atom. The lowest BCUT2D eigenvalue weighted by Gasteiger charge is -2.39. The molecule has 1 rings (SSSR count). The summed E-state index contributed by atoms with van der Waals surface area (Å²) < 4.78 is 0. The van der Waals surface area contributed by atoms with Gasteiger partial charge < -0.3 is 5.11 Å². The SMILES string of the molecule is CC.CC.CC(C)(C)C(C)(C)Cc1ccc(O)cc1. The van der Waals surface area contributed by atoms with E-state index in [0.29, 0.717) is 5.75 Å². The first-order chi connectivity index (χ1) is 8.72. The summed E-state index contributed by atoms with van der Waals surface area (Å²) in [5.74, 6) is 0.340. The maximum Gasteiger partial charge on any atom is 0.115 e. The molecule has 0 saturated carbocycles. The molecule has 0 radical (unpaired) electrons. The fourth-order valence-corrected chi connectivity index (χ4v) is 1.39. The van der Waals surface area contributed by atoms with Crippen LogP contribution in [0.4, 0.5) is 0 Å². The first-order valence-corrected chi connectivity index (χ1v) is 7.50. The molecule has 0 saturated heterocycles. The van der Waals surface area contributed by atoms with Crippen LogP contribution < -0.4 is 0 Å². The summed E-state index contributed by atoms with van der Waals surface area (Å²) >= 11 is 0. The van der Waals surface area contributed by atoms with E-state index in [1.807, 2.05) is 39.8 Å². The number of benzene rings is 1. The molecule has 0 atom stereocenters. The Morgan fingerprint density at radius 1 is 0.789 bits per heavy atom. The summed E-state index contributed by atoms with van der Waals surface area (Å²) in [6.45, 7) is 19.4. The maximum absolute atomic E-state index is 9.21. The highest BCUT2D eigenvalue weighted by Gasteiger charge is 2.32. The van der Waals surface area contributed by atoms with Crippen molar-refractivity contribution in [3.8, 4) is 5.75 Å². The molecule has 1 N–H and O–H groups in total. The van der Waals surface area contributed by atoms with Gasteiger partial charge in [-0.2, -0.15) is 0 Å². The van der Waals surface area contributed by atoms with Crippen molar-refractivity contribution in [3.05, 3.63) is 29.8 Å². The first-order valence-electron chi connectivity index (χ1n) is 7.50. The minimum atomic E-state index is 0.254. The molecule has 0 heterocycles. The van der Waals surface area contributed by atoms with E-state index < -0.39 is 0 Å². The minimum absolute atomic E-state index is 0.254. The van der Waals surface area contributed by atoms with Crippen molar-refractivity contribution in [3.63, 3.8) is 0 Å². The standard InChI is InChI=1S/C14H22O.2C2H6/c1-13(2,3)14(4,5)10-11-6-8-12(15)9-7-11;2*1-2/h6-9,15H,10H2,1-5H3;2*1-2H3. The third-order valence-electron chi connectivity index (χ3n) is 3.61. The van der Waals surface area contributed by atoms with Crippen LogP contribution in [0.25, 0.3) is 0 Å². The van der Waals surface area contributed by atoms with Gasteiger partial charge >= 0.3 is 0 Å². The molecule has 0 unspecified atom stereocenters. The zero-order valence-electron chi connectivity index (χ0n) is 14.5. The van der Waals surface area contributed by atoms with Crippen molar-refractivity contribution in [2.45, 2.75) is 68.7 Å². The van der Waals surface area contributed by atoms with Crippen LogP contribution in [0.1, 0.15) is 67.9 Å². The van der Waals surface area contributed by atoms with Crippen LogP contribution >= 0.6 is 0 Å². The molecule has 0 spiro atoms. The lowest BCUT2D eigenvalue weighted by molar-refractivity contribution is 0.132. The van der Waals surface area contributed by atoms with Crippen molar-refractivity contribution in [2.24, 2.45) is 10.8 Å². The molecule has 0 aromatic heterocycles. The van der Waals surface area contributed by atoms with E-state index >= 15 is 0 Å². The van der Waals surface area contributed by atoms with Gasteiger partial charge in [0, 0.05) is 0 Å². The molecule has 1 aromatic carbocycles. The highest BCUT2D eigenvalue weighted by Crippen LogP contribution is 2.40. The van der Waals surface area contributed by atoms with Gasteiger partial charge in [-0.25, -0.2) is 0 Å². The summed E-state index contributed by atoms with van der Waals surface area (Å²) in [5, 5.41) is 9.21. The number of aromatic hydroxyl groups is 1. The summed E-state index contributed by atoms with van der Waals surface area (Å²) in [4.78, 5) is 0. The second kappa shape index (κ2) is 9.01. The Labute approximate surface area is 121 Å². The van der Waals surface area contributed by atoms with Gasteiger partial charge in [0.05, 0.1) is 0 Å². The van der Waals surface area contributed by atoms with Gasteiger partial charge in [-0.3, -0.25) is 0 Å². The smallest absolute Gasteiger partial charge is 0.115 e. The second-order valence-corrected chi connectivity index (χ2v) is 5.98. The normalized spacial score (nSPS) is 10.8. The number of rotatable bonds is 2. The predicted octanol–water partition coefficient (Wildman–Crippen LogP) is 6.06. The topological polar surface area (TPSA) is 20.2 Å². The molecule has 1 heteroatoms. The number of phenols is 1. The lowest BCUT2D eigenvalue weighted by atomic mass is 9.66. The van der Waals surface area contributed by atoms with Crippen molar-refractivity contribution >= 4 is 0 Å². The van der Waals surface area contributed by atoms with Crippen LogP contribution in [0.15, 0.2) is 24.3 Å². The van der Waals surface area contributed by atoms with Crippen LogP contribution in [0.2, 0.25) is 0 Å². The minimum Gasteiger partial charge on any atom is -0.508 e. The quantitative estimate of drug-likeness (QED) is 0.690. The van der Waals surface area contributed by atoms with Crippen molar-refractivity contribution < 1.29 is 5.11 Å². The largest absolute Gasteiger partial charge is 0.508 e. The second-order valence-electron chi connectivity index (χ2n) is 5.98. The van der Waals surface area contributed by atoms with Crippen molar-refractivity contribution in [1.82, 2.24) is 0 Å². The van der Waals surface area contributed by atoms with Gasteiger partial charge in [-0.15, -0.1) is 0 Å². The molecule has 112 valence electrons. The Balaban J connectivity index is 0. The van der Waals surface area contributed by atoms with Crippen LogP contribution in [-0.2, 0) is 6.42 Å². The van der Waals surface area contributed by atoms with E-state index in [2.05, 4.69) is 34.6 Å². The van der Waals surface area contributed by atoms with E-state index in [9.17, 15) is 5.11 Å². The number of hydrogen-bond donors (Lipinski definition) is 1. The van der Waals surface area contributed by atoms with Crippen LogP contribution in [0, 0.1) is 10.8 Å². The molecule has 0 aliphatic heterocycles. The zero-order chi connectivity index (χ0) is 15.7. The van der Waals surface area contributed by atoms with Gasteiger partial charge in [0.15, 0.2) is 0 Å². The Morgan fingerprint density at radius 2 is 1.16 bits per heavy atom. The van der Waals surface area contributed by atoms with E-state index in [-0.39, 0.29) is 10.8 Å². The molecule has 1 nitrogen and oxygen atoms in total. The summed E-state index contributed by atoms with van der Waals surface area (Å²) in [6.07, 6.45) is 1.04. The molecule has 0 aliphatic carbocycles. The van der Waals surface area contributed by atoms with Crippen LogP contribution in [-0.4, -0.2) is 5.11 Å². The van der Waals surface area contributed by atoms with E-state index in [1.54, 1.807) is 12.1 Å². The third-order valence-corrected chi connectivity index (χ3v) is 3.61. The monoisotopic (exact) mass is 266 g/mol. The highest BCUT2D eigenvalue weighted by atomic mass is 16.3. The van der Waals surface area contributed by atoms with Gasteiger partial charge in [-0.05, 0) is 34.9 Å². The van der Waals surface area contributed by atoms with Crippen molar-refractivity contribution in [2.75, 3.05) is 0 Å². The van der Waals surface area contributed by atoms with E-state index in [0.717, 1.165) is 6.42 Å². The van der Waals surface area contributed by atoms with Gasteiger partial charge in [0.2, 0.25) is 0 Å².